The maximum atomic E-state index is 11.8. The fraction of sp³-hybridized carbons (Fsp3) is 0.611. The van der Waals surface area contributed by atoms with Crippen molar-refractivity contribution in [2.24, 2.45) is 17.6 Å². The molecule has 4 atom stereocenters. The minimum Gasteiger partial charge on any atom is -0.479 e. The lowest BCUT2D eigenvalue weighted by atomic mass is 9.76. The molecule has 1 aliphatic heterocycles. The van der Waals surface area contributed by atoms with E-state index in [4.69, 9.17) is 10.5 Å². The zero-order valence-electron chi connectivity index (χ0n) is 14.0. The van der Waals surface area contributed by atoms with E-state index in [1.165, 1.54) is 31.2 Å². The van der Waals surface area contributed by atoms with Gasteiger partial charge in [0.25, 0.3) is 5.91 Å². The first kappa shape index (κ1) is 16.3. The van der Waals surface area contributed by atoms with Gasteiger partial charge in [0.2, 0.25) is 0 Å². The van der Waals surface area contributed by atoms with Crippen molar-refractivity contribution in [1.29, 1.82) is 0 Å². The molecule has 0 bridgehead atoms. The number of hydrogen-bond donors (Lipinski definition) is 3. The SMILES string of the molecule is CNC(c1ccc2c(c1)NC(=O)C(C)O2)C1CCCC(CN)C1. The lowest BCUT2D eigenvalue weighted by Gasteiger charge is -2.35. The van der Waals surface area contributed by atoms with Gasteiger partial charge in [-0.15, -0.1) is 0 Å². The number of rotatable bonds is 4. The molecule has 2 aliphatic rings. The van der Waals surface area contributed by atoms with Gasteiger partial charge in [0, 0.05) is 6.04 Å². The topological polar surface area (TPSA) is 76.4 Å². The Morgan fingerprint density at radius 2 is 2.26 bits per heavy atom. The summed E-state index contributed by atoms with van der Waals surface area (Å²) in [5.74, 6) is 1.88. The van der Waals surface area contributed by atoms with Crippen LogP contribution in [0, 0.1) is 11.8 Å². The molecular weight excluding hydrogens is 290 g/mol. The van der Waals surface area contributed by atoms with Crippen LogP contribution in [0.25, 0.3) is 0 Å². The van der Waals surface area contributed by atoms with Crippen LogP contribution in [0.2, 0.25) is 0 Å². The third kappa shape index (κ3) is 3.35. The first-order valence-corrected chi connectivity index (χ1v) is 8.61. The van der Waals surface area contributed by atoms with Crippen LogP contribution in [0.15, 0.2) is 18.2 Å². The van der Waals surface area contributed by atoms with Crippen molar-refractivity contribution in [2.45, 2.75) is 44.8 Å². The highest BCUT2D eigenvalue weighted by Crippen LogP contribution is 2.39. The lowest BCUT2D eigenvalue weighted by molar-refractivity contribution is -0.122. The van der Waals surface area contributed by atoms with Crippen molar-refractivity contribution in [3.63, 3.8) is 0 Å². The van der Waals surface area contributed by atoms with E-state index >= 15 is 0 Å². The molecule has 0 saturated heterocycles. The predicted molar refractivity (Wildman–Crippen MR) is 91.5 cm³/mol. The maximum absolute atomic E-state index is 11.8. The van der Waals surface area contributed by atoms with E-state index in [0.717, 1.165) is 18.0 Å². The van der Waals surface area contributed by atoms with Crippen LogP contribution < -0.4 is 21.1 Å². The van der Waals surface area contributed by atoms with Crippen LogP contribution in [-0.2, 0) is 4.79 Å². The summed E-state index contributed by atoms with van der Waals surface area (Å²) in [5.41, 5.74) is 7.86. The fourth-order valence-electron chi connectivity index (χ4n) is 3.94. The number of nitrogens with one attached hydrogen (secondary N) is 2. The van der Waals surface area contributed by atoms with Crippen molar-refractivity contribution in [1.82, 2.24) is 5.32 Å². The summed E-state index contributed by atoms with van der Waals surface area (Å²) in [5, 5.41) is 6.41. The van der Waals surface area contributed by atoms with Crippen molar-refractivity contribution >= 4 is 11.6 Å². The van der Waals surface area contributed by atoms with Gasteiger partial charge in [-0.25, -0.2) is 0 Å². The summed E-state index contributed by atoms with van der Waals surface area (Å²) in [6.07, 6.45) is 4.44. The highest BCUT2D eigenvalue weighted by atomic mass is 16.5. The summed E-state index contributed by atoms with van der Waals surface area (Å²) in [7, 11) is 2.01. The van der Waals surface area contributed by atoms with Gasteiger partial charge in [0.1, 0.15) is 5.75 Å². The average molecular weight is 317 g/mol. The van der Waals surface area contributed by atoms with Crippen molar-refractivity contribution in [3.05, 3.63) is 23.8 Å². The molecule has 0 aromatic heterocycles. The Balaban J connectivity index is 1.82. The average Bonchev–Trinajstić information content (AvgIpc) is 2.57. The molecule has 5 nitrogen and oxygen atoms in total. The maximum Gasteiger partial charge on any atom is 0.265 e. The minimum atomic E-state index is -0.433. The number of nitrogens with two attached hydrogens (primary N) is 1. The van der Waals surface area contributed by atoms with Gasteiger partial charge in [-0.1, -0.05) is 12.5 Å². The van der Waals surface area contributed by atoms with E-state index in [1.807, 2.05) is 19.2 Å². The van der Waals surface area contributed by atoms with E-state index in [-0.39, 0.29) is 11.9 Å². The Bertz CT molecular complexity index is 575. The Morgan fingerprint density at radius 1 is 1.43 bits per heavy atom. The second-order valence-corrected chi connectivity index (χ2v) is 6.80. The smallest absolute Gasteiger partial charge is 0.265 e. The number of hydrogen-bond acceptors (Lipinski definition) is 4. The molecule has 1 saturated carbocycles. The third-order valence-corrected chi connectivity index (χ3v) is 5.23. The zero-order chi connectivity index (χ0) is 16.4. The molecule has 3 rings (SSSR count). The summed E-state index contributed by atoms with van der Waals surface area (Å²) >= 11 is 0. The fourth-order valence-corrected chi connectivity index (χ4v) is 3.94. The van der Waals surface area contributed by atoms with E-state index in [1.54, 1.807) is 6.92 Å². The normalized spacial score (nSPS) is 28.5. The van der Waals surface area contributed by atoms with Crippen LogP contribution >= 0.6 is 0 Å². The minimum absolute atomic E-state index is 0.0866. The monoisotopic (exact) mass is 317 g/mol. The summed E-state index contributed by atoms with van der Waals surface area (Å²) in [6, 6.07) is 6.41. The standard InChI is InChI=1S/C18H27N3O2/c1-11-18(22)21-15-9-14(6-7-16(15)23-11)17(20-2)13-5-3-4-12(8-13)10-19/h6-7,9,11-13,17,20H,3-5,8,10,19H2,1-2H3,(H,21,22). The molecule has 1 aromatic carbocycles. The molecule has 0 spiro atoms. The van der Waals surface area contributed by atoms with Crippen LogP contribution in [0.4, 0.5) is 5.69 Å². The zero-order valence-corrected chi connectivity index (χ0v) is 14.0. The van der Waals surface area contributed by atoms with Gasteiger partial charge < -0.3 is 21.1 Å². The van der Waals surface area contributed by atoms with E-state index in [0.29, 0.717) is 11.8 Å². The first-order chi connectivity index (χ1) is 11.1. The highest BCUT2D eigenvalue weighted by molar-refractivity contribution is 5.97. The molecule has 1 amide bonds. The largest absolute Gasteiger partial charge is 0.479 e. The lowest BCUT2D eigenvalue weighted by Crippen LogP contribution is -2.35. The molecule has 1 aromatic rings. The summed E-state index contributed by atoms with van der Waals surface area (Å²) < 4.78 is 5.64. The molecule has 4 unspecified atom stereocenters. The second-order valence-electron chi connectivity index (χ2n) is 6.80. The van der Waals surface area contributed by atoms with Gasteiger partial charge in [-0.2, -0.15) is 0 Å². The van der Waals surface area contributed by atoms with E-state index in [9.17, 15) is 4.79 Å². The Labute approximate surface area is 138 Å². The van der Waals surface area contributed by atoms with Gasteiger partial charge in [0.15, 0.2) is 6.10 Å². The molecule has 1 fully saturated rings. The number of carbonyl (C=O) groups is 1. The Kier molecular flexibility index (Phi) is 4.87. The quantitative estimate of drug-likeness (QED) is 0.797. The molecule has 0 radical (unpaired) electrons. The van der Waals surface area contributed by atoms with Crippen molar-refractivity contribution in [2.75, 3.05) is 18.9 Å². The predicted octanol–water partition coefficient (Wildman–Crippen LogP) is 2.43. The molecule has 4 N–H and O–H groups in total. The first-order valence-electron chi connectivity index (χ1n) is 8.61. The van der Waals surface area contributed by atoms with Crippen LogP contribution in [0.5, 0.6) is 5.75 Å². The summed E-state index contributed by atoms with van der Waals surface area (Å²) in [4.78, 5) is 11.8. The third-order valence-electron chi connectivity index (χ3n) is 5.23. The Hall–Kier alpha value is -1.59. The van der Waals surface area contributed by atoms with E-state index < -0.39 is 6.10 Å². The van der Waals surface area contributed by atoms with Gasteiger partial charge in [0.05, 0.1) is 5.69 Å². The number of ether oxygens (including phenoxy) is 1. The number of anilines is 1. The molecule has 23 heavy (non-hydrogen) atoms. The molecule has 1 aliphatic carbocycles. The number of fused-ring (bicyclic) bond motifs is 1. The van der Waals surface area contributed by atoms with Gasteiger partial charge in [-0.3, -0.25) is 4.79 Å². The highest BCUT2D eigenvalue weighted by Gasteiger charge is 2.30. The van der Waals surface area contributed by atoms with Crippen LogP contribution in [0.1, 0.15) is 44.2 Å². The van der Waals surface area contributed by atoms with Gasteiger partial charge in [-0.05, 0) is 69.3 Å². The molecule has 1 heterocycles. The Morgan fingerprint density at radius 3 is 3.00 bits per heavy atom. The second kappa shape index (κ2) is 6.89. The van der Waals surface area contributed by atoms with Gasteiger partial charge >= 0.3 is 0 Å². The molecular formula is C18H27N3O2. The molecule has 5 heteroatoms. The van der Waals surface area contributed by atoms with E-state index in [2.05, 4.69) is 16.7 Å². The number of benzene rings is 1. The number of amides is 1. The summed E-state index contributed by atoms with van der Waals surface area (Å²) in [6.45, 7) is 2.54. The van der Waals surface area contributed by atoms with Crippen molar-refractivity contribution < 1.29 is 9.53 Å². The molecule has 126 valence electrons. The number of carbonyl (C=O) groups excluding carboxylic acids is 1. The van der Waals surface area contributed by atoms with Crippen molar-refractivity contribution in [3.8, 4) is 5.75 Å². The van der Waals surface area contributed by atoms with Crippen LogP contribution in [0.3, 0.4) is 0 Å². The van der Waals surface area contributed by atoms with Crippen LogP contribution in [-0.4, -0.2) is 25.6 Å².